The Kier molecular flexibility index (Phi) is 18.4. The predicted molar refractivity (Wildman–Crippen MR) is 211 cm³/mol. The third-order valence-electron chi connectivity index (χ3n) is 8.11. The van der Waals surface area contributed by atoms with Gasteiger partial charge in [-0.2, -0.15) is 0 Å². The maximum atomic E-state index is 5.40. The molecule has 3 aliphatic rings. The summed E-state index contributed by atoms with van der Waals surface area (Å²) in [6.45, 7) is 13.3. The second-order valence-corrected chi connectivity index (χ2v) is 12.6. The molecule has 5 aromatic rings. The van der Waals surface area contributed by atoms with E-state index in [1.165, 1.54) is 22.3 Å². The zero-order valence-electron chi connectivity index (χ0n) is 31.3. The summed E-state index contributed by atoms with van der Waals surface area (Å²) >= 11 is 0. The Morgan fingerprint density at radius 1 is 0.404 bits per heavy atom. The molecule has 8 rings (SSSR count). The standard InChI is InChI=1S/C10H14.3C9H10O2.C9H12/c1-3-9-5-7-10(4-2)8-6-9;3*1-2-4-8(5-3-1)10-6-9-7-11-9;1-3-9-6-4-8(2)5-7-9/h5-8H,3-4H2,1-2H3;3*1-5,9H,6-7H2;4-7H,3H2,1-2H3. The van der Waals surface area contributed by atoms with E-state index in [9.17, 15) is 0 Å². The van der Waals surface area contributed by atoms with Gasteiger partial charge in [0.15, 0.2) is 0 Å². The van der Waals surface area contributed by atoms with Crippen LogP contribution in [0, 0.1) is 6.92 Å². The Balaban J connectivity index is 0.000000146. The summed E-state index contributed by atoms with van der Waals surface area (Å²) in [5, 5.41) is 0. The molecule has 3 unspecified atom stereocenters. The summed E-state index contributed by atoms with van der Waals surface area (Å²) in [5.74, 6) is 2.76. The van der Waals surface area contributed by atoms with Crippen LogP contribution in [0.2, 0.25) is 0 Å². The number of rotatable bonds is 12. The SMILES string of the molecule is CCc1ccc(C)cc1.CCc1ccc(CC)cc1.c1ccc(OCC2CO2)cc1.c1ccc(OCC2CO2)cc1.c1ccc(OCC2CO2)cc1. The summed E-state index contributed by atoms with van der Waals surface area (Å²) in [7, 11) is 0. The van der Waals surface area contributed by atoms with Crippen LogP contribution in [0.3, 0.4) is 0 Å². The maximum Gasteiger partial charge on any atom is 0.119 e. The van der Waals surface area contributed by atoms with Gasteiger partial charge in [-0.3, -0.25) is 0 Å². The Labute approximate surface area is 311 Å². The van der Waals surface area contributed by atoms with Crippen molar-refractivity contribution in [1.29, 1.82) is 0 Å². The molecule has 0 saturated carbocycles. The molecule has 3 aliphatic heterocycles. The van der Waals surface area contributed by atoms with Crippen LogP contribution >= 0.6 is 0 Å². The van der Waals surface area contributed by atoms with Gasteiger partial charge in [0.05, 0.1) is 19.8 Å². The highest BCUT2D eigenvalue weighted by Crippen LogP contribution is 2.15. The number of para-hydroxylation sites is 3. The first-order valence-electron chi connectivity index (χ1n) is 18.6. The van der Waals surface area contributed by atoms with Gasteiger partial charge in [0, 0.05) is 0 Å². The van der Waals surface area contributed by atoms with Crippen LogP contribution in [-0.4, -0.2) is 58.0 Å². The quantitative estimate of drug-likeness (QED) is 0.121. The molecule has 3 heterocycles. The number of hydrogen-bond acceptors (Lipinski definition) is 6. The molecule has 276 valence electrons. The van der Waals surface area contributed by atoms with E-state index < -0.39 is 0 Å². The Bertz CT molecular complexity index is 1440. The van der Waals surface area contributed by atoms with Crippen molar-refractivity contribution >= 4 is 0 Å². The smallest absolute Gasteiger partial charge is 0.119 e. The third-order valence-corrected chi connectivity index (χ3v) is 8.11. The summed E-state index contributed by atoms with van der Waals surface area (Å²) < 4.78 is 31.2. The zero-order valence-corrected chi connectivity index (χ0v) is 31.3. The van der Waals surface area contributed by atoms with Crippen molar-refractivity contribution in [2.75, 3.05) is 39.6 Å². The van der Waals surface area contributed by atoms with Crippen molar-refractivity contribution in [3.63, 3.8) is 0 Å². The molecule has 0 spiro atoms. The number of benzene rings is 5. The normalized spacial score (nSPS) is 17.0. The first kappa shape index (κ1) is 40.2. The molecule has 0 N–H and O–H groups in total. The lowest BCUT2D eigenvalue weighted by Crippen LogP contribution is -2.03. The Morgan fingerprint density at radius 3 is 0.885 bits per heavy atom. The fourth-order valence-corrected chi connectivity index (χ4v) is 4.44. The van der Waals surface area contributed by atoms with Crippen LogP contribution in [0.5, 0.6) is 17.2 Å². The van der Waals surface area contributed by atoms with Gasteiger partial charge in [0.2, 0.25) is 0 Å². The highest BCUT2D eigenvalue weighted by molar-refractivity contribution is 5.24. The monoisotopic (exact) mass is 704 g/mol. The second-order valence-electron chi connectivity index (χ2n) is 12.6. The van der Waals surface area contributed by atoms with Gasteiger partial charge in [0.1, 0.15) is 55.4 Å². The minimum atomic E-state index is 0.343. The molecular formula is C46H56O6. The minimum Gasteiger partial charge on any atom is -0.491 e. The minimum absolute atomic E-state index is 0.343. The molecule has 0 bridgehead atoms. The van der Waals surface area contributed by atoms with Crippen molar-refractivity contribution in [3.8, 4) is 17.2 Å². The van der Waals surface area contributed by atoms with E-state index in [4.69, 9.17) is 28.4 Å². The fraction of sp³-hybridized carbons (Fsp3) is 0.348. The van der Waals surface area contributed by atoms with Gasteiger partial charge in [-0.15, -0.1) is 0 Å². The van der Waals surface area contributed by atoms with Gasteiger partial charge < -0.3 is 28.4 Å². The average molecular weight is 705 g/mol. The largest absolute Gasteiger partial charge is 0.491 e. The Hall–Kier alpha value is -4.62. The molecule has 6 nitrogen and oxygen atoms in total. The van der Waals surface area contributed by atoms with Gasteiger partial charge in [-0.25, -0.2) is 0 Å². The van der Waals surface area contributed by atoms with Crippen LogP contribution in [0.4, 0.5) is 0 Å². The van der Waals surface area contributed by atoms with E-state index in [2.05, 4.69) is 76.2 Å². The first-order valence-corrected chi connectivity index (χ1v) is 18.6. The molecule has 3 fully saturated rings. The summed E-state index contributed by atoms with van der Waals surface area (Å²) in [4.78, 5) is 0. The van der Waals surface area contributed by atoms with E-state index in [1.54, 1.807) is 0 Å². The van der Waals surface area contributed by atoms with Crippen LogP contribution in [0.15, 0.2) is 140 Å². The van der Waals surface area contributed by atoms with Gasteiger partial charge in [-0.1, -0.05) is 129 Å². The summed E-state index contributed by atoms with van der Waals surface area (Å²) in [5.41, 5.74) is 5.61. The molecule has 0 amide bonds. The molecule has 5 aromatic carbocycles. The number of hydrogen-bond donors (Lipinski definition) is 0. The highest BCUT2D eigenvalue weighted by Gasteiger charge is 2.24. The van der Waals surface area contributed by atoms with Crippen molar-refractivity contribution < 1.29 is 28.4 Å². The Morgan fingerprint density at radius 2 is 0.654 bits per heavy atom. The maximum absolute atomic E-state index is 5.40. The molecule has 0 radical (unpaired) electrons. The van der Waals surface area contributed by atoms with E-state index >= 15 is 0 Å². The number of epoxide rings is 3. The van der Waals surface area contributed by atoms with E-state index in [1.807, 2.05) is 91.0 Å². The molecule has 52 heavy (non-hydrogen) atoms. The average Bonchev–Trinajstić information content (AvgIpc) is 4.06. The highest BCUT2D eigenvalue weighted by atomic mass is 16.6. The number of aryl methyl sites for hydroxylation is 4. The van der Waals surface area contributed by atoms with Crippen molar-refractivity contribution in [3.05, 3.63) is 162 Å². The first-order chi connectivity index (χ1) is 25.5. The molecule has 0 aliphatic carbocycles. The summed E-state index contributed by atoms with van der Waals surface area (Å²) in [6, 6.07) is 46.9. The zero-order chi connectivity index (χ0) is 36.6. The molecule has 6 heteroatoms. The second kappa shape index (κ2) is 23.8. The lowest BCUT2D eigenvalue weighted by molar-refractivity contribution is 0.263. The van der Waals surface area contributed by atoms with Crippen LogP contribution in [0.25, 0.3) is 0 Å². The lowest BCUT2D eigenvalue weighted by atomic mass is 10.1. The van der Waals surface area contributed by atoms with Crippen LogP contribution in [-0.2, 0) is 33.5 Å². The van der Waals surface area contributed by atoms with E-state index in [0.717, 1.165) is 56.3 Å². The van der Waals surface area contributed by atoms with Gasteiger partial charge >= 0.3 is 0 Å². The van der Waals surface area contributed by atoms with Gasteiger partial charge in [0.25, 0.3) is 0 Å². The van der Waals surface area contributed by atoms with Crippen LogP contribution < -0.4 is 14.2 Å². The molecule has 0 aromatic heterocycles. The lowest BCUT2D eigenvalue weighted by Gasteiger charge is -2.01. The summed E-state index contributed by atoms with van der Waals surface area (Å²) in [6.07, 6.45) is 4.45. The molecular weight excluding hydrogens is 649 g/mol. The van der Waals surface area contributed by atoms with Crippen LogP contribution in [0.1, 0.15) is 43.0 Å². The fourth-order valence-electron chi connectivity index (χ4n) is 4.44. The van der Waals surface area contributed by atoms with Crippen molar-refractivity contribution in [1.82, 2.24) is 0 Å². The van der Waals surface area contributed by atoms with Gasteiger partial charge in [-0.05, 0) is 79.3 Å². The predicted octanol–water partition coefficient (Wildman–Crippen LogP) is 9.76. The number of ether oxygens (including phenoxy) is 6. The van der Waals surface area contributed by atoms with E-state index in [-0.39, 0.29) is 0 Å². The third kappa shape index (κ3) is 18.6. The molecule has 3 atom stereocenters. The molecule has 3 saturated heterocycles. The van der Waals surface area contributed by atoms with Crippen molar-refractivity contribution in [2.24, 2.45) is 0 Å². The van der Waals surface area contributed by atoms with Crippen molar-refractivity contribution in [2.45, 2.75) is 65.3 Å². The van der Waals surface area contributed by atoms with E-state index in [0.29, 0.717) is 38.1 Å². The topological polar surface area (TPSA) is 65.3 Å².